The Morgan fingerprint density at radius 3 is 2.17 bits per heavy atom. The second-order valence-electron chi connectivity index (χ2n) is 6.73. The van der Waals surface area contributed by atoms with E-state index in [9.17, 15) is 4.79 Å². The molecule has 0 bridgehead atoms. The van der Waals surface area contributed by atoms with E-state index in [0.717, 1.165) is 11.3 Å². The standard InChI is InChI=1S/C19H19N3O2/c1-19(2,3)15-8-10-16(11-9-15)22-12-17(20-21-22)13-4-6-14(7-5-13)18(23)24/h4-12H,1-3H3,(H,23,24). The van der Waals surface area contributed by atoms with Crippen molar-refractivity contribution < 1.29 is 9.90 Å². The van der Waals surface area contributed by atoms with Crippen LogP contribution in [0.3, 0.4) is 0 Å². The quantitative estimate of drug-likeness (QED) is 0.793. The molecule has 0 fully saturated rings. The number of hydrogen-bond acceptors (Lipinski definition) is 3. The lowest BCUT2D eigenvalue weighted by molar-refractivity contribution is 0.0697. The summed E-state index contributed by atoms with van der Waals surface area (Å²) >= 11 is 0. The Morgan fingerprint density at radius 1 is 1.00 bits per heavy atom. The molecule has 0 saturated carbocycles. The van der Waals surface area contributed by atoms with Crippen LogP contribution in [0.2, 0.25) is 0 Å². The van der Waals surface area contributed by atoms with Gasteiger partial charge >= 0.3 is 5.97 Å². The first-order chi connectivity index (χ1) is 11.3. The van der Waals surface area contributed by atoms with Gasteiger partial charge in [0.2, 0.25) is 0 Å². The average Bonchev–Trinajstić information content (AvgIpc) is 3.04. The van der Waals surface area contributed by atoms with E-state index >= 15 is 0 Å². The molecule has 0 unspecified atom stereocenters. The third kappa shape index (κ3) is 3.20. The normalized spacial score (nSPS) is 11.5. The lowest BCUT2D eigenvalue weighted by Crippen LogP contribution is -2.10. The maximum atomic E-state index is 10.9. The molecule has 122 valence electrons. The Morgan fingerprint density at radius 2 is 1.62 bits per heavy atom. The number of carboxylic acid groups (broad SMARTS) is 1. The zero-order valence-electron chi connectivity index (χ0n) is 13.9. The number of carboxylic acids is 1. The molecule has 0 spiro atoms. The number of hydrogen-bond donors (Lipinski definition) is 1. The Hall–Kier alpha value is -2.95. The first kappa shape index (κ1) is 15.9. The second kappa shape index (κ2) is 5.92. The van der Waals surface area contributed by atoms with Crippen LogP contribution in [0.1, 0.15) is 36.7 Å². The van der Waals surface area contributed by atoms with Crippen molar-refractivity contribution in [2.24, 2.45) is 0 Å². The largest absolute Gasteiger partial charge is 0.478 e. The van der Waals surface area contributed by atoms with E-state index in [2.05, 4.69) is 43.2 Å². The van der Waals surface area contributed by atoms with Crippen molar-refractivity contribution in [3.8, 4) is 16.9 Å². The van der Waals surface area contributed by atoms with Crippen molar-refractivity contribution in [1.82, 2.24) is 15.0 Å². The van der Waals surface area contributed by atoms with Crippen molar-refractivity contribution >= 4 is 5.97 Å². The van der Waals surface area contributed by atoms with E-state index in [1.54, 1.807) is 28.9 Å². The van der Waals surface area contributed by atoms with Crippen molar-refractivity contribution in [3.05, 3.63) is 65.9 Å². The smallest absolute Gasteiger partial charge is 0.335 e. The highest BCUT2D eigenvalue weighted by Gasteiger charge is 2.13. The van der Waals surface area contributed by atoms with Gasteiger partial charge < -0.3 is 5.11 Å². The predicted octanol–water partition coefficient (Wildman–Crippen LogP) is 3.93. The highest BCUT2D eigenvalue weighted by atomic mass is 16.4. The Kier molecular flexibility index (Phi) is 3.93. The van der Waals surface area contributed by atoms with Crippen molar-refractivity contribution in [2.75, 3.05) is 0 Å². The van der Waals surface area contributed by atoms with E-state index in [-0.39, 0.29) is 11.0 Å². The maximum Gasteiger partial charge on any atom is 0.335 e. The number of nitrogens with zero attached hydrogens (tertiary/aromatic N) is 3. The minimum Gasteiger partial charge on any atom is -0.478 e. The molecule has 5 heteroatoms. The van der Waals surface area contributed by atoms with Crippen LogP contribution in [0.4, 0.5) is 0 Å². The minimum absolute atomic E-state index is 0.109. The van der Waals surface area contributed by atoms with Gasteiger partial charge in [-0.2, -0.15) is 0 Å². The summed E-state index contributed by atoms with van der Waals surface area (Å²) in [7, 11) is 0. The second-order valence-corrected chi connectivity index (χ2v) is 6.73. The molecule has 1 N–H and O–H groups in total. The van der Waals surface area contributed by atoms with Gasteiger partial charge in [-0.15, -0.1) is 5.10 Å². The molecule has 3 rings (SSSR count). The van der Waals surface area contributed by atoms with Crippen LogP contribution in [-0.2, 0) is 5.41 Å². The first-order valence-corrected chi connectivity index (χ1v) is 7.71. The monoisotopic (exact) mass is 321 g/mol. The average molecular weight is 321 g/mol. The summed E-state index contributed by atoms with van der Waals surface area (Å²) in [5.74, 6) is -0.941. The van der Waals surface area contributed by atoms with Crippen LogP contribution >= 0.6 is 0 Å². The predicted molar refractivity (Wildman–Crippen MR) is 92.5 cm³/mol. The summed E-state index contributed by atoms with van der Waals surface area (Å²) in [6, 6.07) is 14.8. The first-order valence-electron chi connectivity index (χ1n) is 7.71. The molecule has 0 amide bonds. The Bertz CT molecular complexity index is 857. The van der Waals surface area contributed by atoms with Crippen molar-refractivity contribution in [2.45, 2.75) is 26.2 Å². The zero-order valence-corrected chi connectivity index (χ0v) is 13.9. The maximum absolute atomic E-state index is 10.9. The molecule has 0 aliphatic heterocycles. The van der Waals surface area contributed by atoms with Gasteiger partial charge in [-0.25, -0.2) is 9.48 Å². The summed E-state index contributed by atoms with van der Waals surface area (Å²) in [6.07, 6.45) is 1.84. The molecule has 5 nitrogen and oxygen atoms in total. The Labute approximate surface area is 140 Å². The van der Waals surface area contributed by atoms with Gasteiger partial charge in [0.05, 0.1) is 17.4 Å². The van der Waals surface area contributed by atoms with Gasteiger partial charge in [0.15, 0.2) is 0 Å². The number of carbonyl (C=O) groups is 1. The fourth-order valence-electron chi connectivity index (χ4n) is 2.42. The van der Waals surface area contributed by atoms with Gasteiger partial charge in [-0.3, -0.25) is 0 Å². The summed E-state index contributed by atoms with van der Waals surface area (Å²) in [5, 5.41) is 17.3. The molecule has 0 atom stereocenters. The van der Waals surface area contributed by atoms with Crippen LogP contribution in [0.5, 0.6) is 0 Å². The number of aromatic nitrogens is 3. The zero-order chi connectivity index (χ0) is 17.3. The third-order valence-corrected chi connectivity index (χ3v) is 3.92. The highest BCUT2D eigenvalue weighted by molar-refractivity contribution is 5.88. The number of rotatable bonds is 3. The summed E-state index contributed by atoms with van der Waals surface area (Å²) < 4.78 is 1.72. The van der Waals surface area contributed by atoms with E-state index < -0.39 is 5.97 Å². The topological polar surface area (TPSA) is 68.0 Å². The lowest BCUT2D eigenvalue weighted by atomic mass is 9.87. The van der Waals surface area contributed by atoms with Crippen LogP contribution in [0, 0.1) is 0 Å². The summed E-state index contributed by atoms with van der Waals surface area (Å²) in [5.41, 5.74) is 4.09. The molecule has 24 heavy (non-hydrogen) atoms. The van der Waals surface area contributed by atoms with E-state index in [1.807, 2.05) is 18.3 Å². The highest BCUT2D eigenvalue weighted by Crippen LogP contribution is 2.24. The molecule has 1 heterocycles. The van der Waals surface area contributed by atoms with Crippen LogP contribution < -0.4 is 0 Å². The molecular formula is C19H19N3O2. The van der Waals surface area contributed by atoms with Crippen molar-refractivity contribution in [1.29, 1.82) is 0 Å². The molecule has 0 radical (unpaired) electrons. The molecule has 3 aromatic rings. The fraction of sp³-hybridized carbons (Fsp3) is 0.211. The van der Waals surface area contributed by atoms with Gasteiger partial charge in [-0.1, -0.05) is 50.3 Å². The molecule has 2 aromatic carbocycles. The lowest BCUT2D eigenvalue weighted by Gasteiger charge is -2.18. The SMILES string of the molecule is CC(C)(C)c1ccc(-n2cc(-c3ccc(C(=O)O)cc3)nn2)cc1. The molecule has 1 aromatic heterocycles. The van der Waals surface area contributed by atoms with Crippen LogP contribution in [0.25, 0.3) is 16.9 Å². The van der Waals surface area contributed by atoms with E-state index in [0.29, 0.717) is 5.69 Å². The van der Waals surface area contributed by atoms with E-state index in [4.69, 9.17) is 5.11 Å². The minimum atomic E-state index is -0.941. The summed E-state index contributed by atoms with van der Waals surface area (Å²) in [4.78, 5) is 10.9. The number of benzene rings is 2. The van der Waals surface area contributed by atoms with Gasteiger partial charge in [0, 0.05) is 5.56 Å². The van der Waals surface area contributed by atoms with Crippen LogP contribution in [-0.4, -0.2) is 26.1 Å². The fourth-order valence-corrected chi connectivity index (χ4v) is 2.42. The molecular weight excluding hydrogens is 302 g/mol. The van der Waals surface area contributed by atoms with Gasteiger partial charge in [-0.05, 0) is 35.2 Å². The summed E-state index contributed by atoms with van der Waals surface area (Å²) in [6.45, 7) is 6.53. The van der Waals surface area contributed by atoms with Gasteiger partial charge in [0.25, 0.3) is 0 Å². The number of aromatic carboxylic acids is 1. The van der Waals surface area contributed by atoms with Crippen LogP contribution in [0.15, 0.2) is 54.7 Å². The molecule has 0 aliphatic rings. The molecule has 0 saturated heterocycles. The van der Waals surface area contributed by atoms with Gasteiger partial charge in [0.1, 0.15) is 5.69 Å². The third-order valence-electron chi connectivity index (χ3n) is 3.92. The van der Waals surface area contributed by atoms with Crippen molar-refractivity contribution in [3.63, 3.8) is 0 Å². The molecule has 0 aliphatic carbocycles. The van der Waals surface area contributed by atoms with E-state index in [1.165, 1.54) is 5.56 Å². The Balaban J connectivity index is 1.86.